The number of amides is 2. The van der Waals surface area contributed by atoms with E-state index in [-0.39, 0.29) is 36.7 Å². The summed E-state index contributed by atoms with van der Waals surface area (Å²) in [5.74, 6) is -0.914. The van der Waals surface area contributed by atoms with E-state index >= 15 is 0 Å². The summed E-state index contributed by atoms with van der Waals surface area (Å²) in [5, 5.41) is 0.577. The van der Waals surface area contributed by atoms with Crippen LogP contribution in [-0.2, 0) is 38.7 Å². The number of halogens is 8. The third-order valence-electron chi connectivity index (χ3n) is 9.94. The van der Waals surface area contributed by atoms with E-state index in [0.717, 1.165) is 32.1 Å². The van der Waals surface area contributed by atoms with Gasteiger partial charge in [0, 0.05) is 39.3 Å². The van der Waals surface area contributed by atoms with Gasteiger partial charge in [-0.25, -0.2) is 0 Å². The molecule has 2 amide bonds. The van der Waals surface area contributed by atoms with Crippen LogP contribution in [0.25, 0.3) is 0 Å². The lowest BCUT2D eigenvalue weighted by Gasteiger charge is -2.48. The molecule has 0 spiro atoms. The number of hydrogen-bond acceptors (Lipinski definition) is 5. The molecule has 2 aromatic carbocycles. The van der Waals surface area contributed by atoms with Gasteiger partial charge in [-0.2, -0.15) is 26.3 Å². The average molecular weight is 724 g/mol. The van der Waals surface area contributed by atoms with E-state index in [1.807, 2.05) is 0 Å². The monoisotopic (exact) mass is 722 g/mol. The van der Waals surface area contributed by atoms with Gasteiger partial charge in [0.25, 0.3) is 0 Å². The number of carbonyl (C=O) groups is 2. The Bertz CT molecular complexity index is 1460. The number of carbonyl (C=O) groups excluding carboxylic acids is 2. The van der Waals surface area contributed by atoms with E-state index in [4.69, 9.17) is 33.7 Å². The second-order valence-corrected chi connectivity index (χ2v) is 13.7. The van der Waals surface area contributed by atoms with Crippen LogP contribution in [0.15, 0.2) is 36.4 Å². The van der Waals surface area contributed by atoms with Gasteiger partial charge in [-0.1, -0.05) is 48.5 Å². The minimum absolute atomic E-state index is 0.000361. The Morgan fingerprint density at radius 3 is 2.02 bits per heavy atom. The summed E-state index contributed by atoms with van der Waals surface area (Å²) in [6, 6.07) is 6.20. The lowest BCUT2D eigenvalue weighted by Crippen LogP contribution is -2.63. The Hall–Kier alpha value is -2.58. The first-order chi connectivity index (χ1) is 22.5. The number of morpholine rings is 1. The van der Waals surface area contributed by atoms with Crippen molar-refractivity contribution in [2.45, 2.75) is 68.4 Å². The molecule has 1 aliphatic carbocycles. The Morgan fingerprint density at radius 1 is 0.833 bits per heavy atom. The lowest BCUT2D eigenvalue weighted by molar-refractivity contribution is -0.155. The van der Waals surface area contributed by atoms with Gasteiger partial charge in [0.15, 0.2) is 0 Å². The minimum Gasteiger partial charge on any atom is -0.368 e. The highest BCUT2D eigenvalue weighted by Gasteiger charge is 2.45. The lowest BCUT2D eigenvalue weighted by atomic mass is 9.79. The third kappa shape index (κ3) is 8.07. The molecule has 264 valence electrons. The molecule has 2 aromatic rings. The van der Waals surface area contributed by atoms with Crippen LogP contribution in [0.5, 0.6) is 0 Å². The highest BCUT2D eigenvalue weighted by Crippen LogP contribution is 2.40. The number of alkyl halides is 6. The van der Waals surface area contributed by atoms with Crippen molar-refractivity contribution in [3.63, 3.8) is 0 Å². The number of piperazine rings is 1. The molecular formula is C33H38Cl2F6N4O3. The van der Waals surface area contributed by atoms with E-state index in [2.05, 4.69) is 9.80 Å². The fourth-order valence-corrected chi connectivity index (χ4v) is 7.55. The quantitative estimate of drug-likeness (QED) is 0.314. The molecule has 0 aromatic heterocycles. The van der Waals surface area contributed by atoms with Gasteiger partial charge in [0.1, 0.15) is 11.1 Å². The van der Waals surface area contributed by atoms with Crippen LogP contribution >= 0.6 is 23.2 Å². The van der Waals surface area contributed by atoms with Crippen LogP contribution in [0, 0.1) is 0 Å². The summed E-state index contributed by atoms with van der Waals surface area (Å²) in [7, 11) is 0. The van der Waals surface area contributed by atoms with Crippen molar-refractivity contribution in [3.05, 3.63) is 68.7 Å². The second-order valence-electron chi connectivity index (χ2n) is 12.9. The topological polar surface area (TPSA) is 79.1 Å². The summed E-state index contributed by atoms with van der Waals surface area (Å²) in [4.78, 5) is 31.9. The van der Waals surface area contributed by atoms with Crippen LogP contribution in [0.1, 0.15) is 60.8 Å². The number of nitrogens with two attached hydrogens (primary N) is 1. The van der Waals surface area contributed by atoms with Crippen LogP contribution < -0.4 is 5.73 Å². The first-order valence-electron chi connectivity index (χ1n) is 16.0. The molecule has 5 rings (SSSR count). The van der Waals surface area contributed by atoms with Gasteiger partial charge in [-0.05, 0) is 60.7 Å². The van der Waals surface area contributed by atoms with Gasteiger partial charge < -0.3 is 20.3 Å². The molecule has 48 heavy (non-hydrogen) atoms. The predicted octanol–water partition coefficient (Wildman–Crippen LogP) is 6.52. The number of hydrogen-bond donors (Lipinski definition) is 1. The Labute approximate surface area is 285 Å². The minimum atomic E-state index is -5.02. The first kappa shape index (κ1) is 36.7. The Morgan fingerprint density at radius 2 is 1.46 bits per heavy atom. The van der Waals surface area contributed by atoms with E-state index in [0.29, 0.717) is 61.9 Å². The van der Waals surface area contributed by atoms with Crippen LogP contribution in [0.4, 0.5) is 26.3 Å². The van der Waals surface area contributed by atoms with Crippen LogP contribution in [-0.4, -0.2) is 84.5 Å². The molecule has 2 aliphatic heterocycles. The predicted molar refractivity (Wildman–Crippen MR) is 168 cm³/mol. The summed E-state index contributed by atoms with van der Waals surface area (Å²) < 4.78 is 87.1. The smallest absolute Gasteiger partial charge is 0.368 e. The van der Waals surface area contributed by atoms with Gasteiger partial charge >= 0.3 is 12.4 Å². The molecule has 2 saturated heterocycles. The molecule has 1 atom stereocenters. The van der Waals surface area contributed by atoms with E-state index in [9.17, 15) is 35.9 Å². The van der Waals surface area contributed by atoms with Gasteiger partial charge in [0.05, 0.1) is 40.7 Å². The molecule has 1 saturated carbocycles. The maximum atomic E-state index is 13.5. The maximum Gasteiger partial charge on any atom is 0.416 e. The van der Waals surface area contributed by atoms with Crippen LogP contribution in [0.3, 0.4) is 0 Å². The van der Waals surface area contributed by atoms with E-state index in [1.54, 1.807) is 18.2 Å². The largest absolute Gasteiger partial charge is 0.416 e. The zero-order valence-corrected chi connectivity index (χ0v) is 27.8. The molecule has 3 aliphatic rings. The summed E-state index contributed by atoms with van der Waals surface area (Å²) in [5.41, 5.74) is 1.50. The molecule has 3 fully saturated rings. The van der Waals surface area contributed by atoms with Gasteiger partial charge in [0.2, 0.25) is 11.8 Å². The van der Waals surface area contributed by atoms with Gasteiger partial charge in [-0.15, -0.1) is 0 Å². The van der Waals surface area contributed by atoms with E-state index in [1.165, 1.54) is 4.90 Å². The van der Waals surface area contributed by atoms with Crippen molar-refractivity contribution < 1.29 is 40.7 Å². The zero-order valence-electron chi connectivity index (χ0n) is 26.2. The van der Waals surface area contributed by atoms with Crippen molar-refractivity contribution in [2.24, 2.45) is 5.73 Å². The average Bonchev–Trinajstić information content (AvgIpc) is 3.04. The number of primary amides is 1. The molecule has 2 heterocycles. The molecule has 15 heteroatoms. The maximum absolute atomic E-state index is 13.5. The Kier molecular flexibility index (Phi) is 11.0. The number of benzene rings is 2. The number of ether oxygens (including phenoxy) is 1. The number of nitrogens with zero attached hydrogens (tertiary/aromatic N) is 3. The molecule has 1 unspecified atom stereocenters. The highest BCUT2D eigenvalue weighted by atomic mass is 35.5. The summed E-state index contributed by atoms with van der Waals surface area (Å²) >= 11 is 12.6. The van der Waals surface area contributed by atoms with E-state index < -0.39 is 52.5 Å². The van der Waals surface area contributed by atoms with Gasteiger partial charge in [-0.3, -0.25) is 14.5 Å². The van der Waals surface area contributed by atoms with Crippen molar-refractivity contribution >= 4 is 35.0 Å². The molecule has 2 N–H and O–H groups in total. The summed E-state index contributed by atoms with van der Waals surface area (Å²) in [6.07, 6.45) is -5.81. The fourth-order valence-electron chi connectivity index (χ4n) is 7.25. The SMILES string of the molecule is NC(=O)C1(N2CCN(CCC3(c4ccc(Cl)c(Cl)c4)CN(C(=O)Cc4cc(C(F)(F)F)cc(C(F)(F)F)c4)CCO3)CC2)CCCCC1. The second kappa shape index (κ2) is 14.3. The standard InChI is InChI=1S/C33H38Cl2F6N4O3/c34-26-5-4-23(20-27(26)35)31(8-9-43-10-12-45(13-11-43)30(29(42)47)6-2-1-3-7-30)21-44(14-15-48-31)28(46)18-22-16-24(32(36,37)38)19-25(17-22)33(39,40)41/h4-5,16-17,19-20H,1-3,6-15,18,21H2,(H2,42,47). The van der Waals surface area contributed by atoms with Crippen LogP contribution in [0.2, 0.25) is 10.0 Å². The zero-order chi connectivity index (χ0) is 34.9. The highest BCUT2D eigenvalue weighted by molar-refractivity contribution is 6.42. The van der Waals surface area contributed by atoms with Crippen molar-refractivity contribution in [1.82, 2.24) is 14.7 Å². The third-order valence-corrected chi connectivity index (χ3v) is 10.7. The Balaban J connectivity index is 1.33. The number of rotatable bonds is 8. The first-order valence-corrected chi connectivity index (χ1v) is 16.7. The fraction of sp³-hybridized carbons (Fsp3) is 0.576. The molecular weight excluding hydrogens is 685 g/mol. The van der Waals surface area contributed by atoms with Crippen molar-refractivity contribution in [2.75, 3.05) is 52.4 Å². The van der Waals surface area contributed by atoms with Crippen molar-refractivity contribution in [3.8, 4) is 0 Å². The molecule has 7 nitrogen and oxygen atoms in total. The molecule has 0 bridgehead atoms. The molecule has 0 radical (unpaired) electrons. The normalized spacial score (nSPS) is 22.9. The summed E-state index contributed by atoms with van der Waals surface area (Å²) in [6.45, 7) is 3.38. The van der Waals surface area contributed by atoms with Crippen molar-refractivity contribution in [1.29, 1.82) is 0 Å².